The highest BCUT2D eigenvalue weighted by molar-refractivity contribution is 7.22. The first-order valence-electron chi connectivity index (χ1n) is 4.29. The molecular formula is C10H9N3OS. The van der Waals surface area contributed by atoms with Crippen LogP contribution in [0.2, 0.25) is 0 Å². The Hall–Kier alpha value is -1.88. The molecule has 0 saturated carbocycles. The Morgan fingerprint density at radius 1 is 1.53 bits per heavy atom. The van der Waals surface area contributed by atoms with Gasteiger partial charge in [0.05, 0.1) is 10.2 Å². The van der Waals surface area contributed by atoms with Crippen LogP contribution < -0.4 is 10.6 Å². The van der Waals surface area contributed by atoms with E-state index < -0.39 is 6.03 Å². The summed E-state index contributed by atoms with van der Waals surface area (Å²) in [6, 6.07) is 7.07. The van der Waals surface area contributed by atoms with Crippen molar-refractivity contribution in [3.05, 3.63) is 37.0 Å². The Morgan fingerprint density at radius 2 is 2.27 bits per heavy atom. The largest absolute Gasteiger partial charge is 0.351 e. The third kappa shape index (κ3) is 1.69. The molecule has 2 aromatic rings. The fourth-order valence-corrected chi connectivity index (χ4v) is 2.19. The highest BCUT2D eigenvalue weighted by Crippen LogP contribution is 2.28. The highest BCUT2D eigenvalue weighted by atomic mass is 32.1. The van der Waals surface area contributed by atoms with Crippen molar-refractivity contribution in [2.24, 2.45) is 5.73 Å². The molecule has 2 N–H and O–H groups in total. The number of aromatic nitrogens is 1. The Morgan fingerprint density at radius 3 is 2.87 bits per heavy atom. The van der Waals surface area contributed by atoms with Crippen molar-refractivity contribution in [3.8, 4) is 0 Å². The normalized spacial score (nSPS) is 10.1. The lowest BCUT2D eigenvalue weighted by Crippen LogP contribution is -2.30. The van der Waals surface area contributed by atoms with Crippen molar-refractivity contribution in [2.45, 2.75) is 0 Å². The second-order valence-corrected chi connectivity index (χ2v) is 3.86. The summed E-state index contributed by atoms with van der Waals surface area (Å²) in [5, 5.41) is 0.540. The lowest BCUT2D eigenvalue weighted by atomic mass is 10.3. The lowest BCUT2D eigenvalue weighted by Gasteiger charge is -2.09. The van der Waals surface area contributed by atoms with Crippen LogP contribution in [0.25, 0.3) is 10.2 Å². The molecule has 5 heteroatoms. The number of thiazole rings is 1. The molecule has 2 rings (SSSR count). The Balaban J connectivity index is 2.52. The van der Waals surface area contributed by atoms with Crippen molar-refractivity contribution in [1.29, 1.82) is 0 Å². The highest BCUT2D eigenvalue weighted by Gasteiger charge is 2.13. The summed E-state index contributed by atoms with van der Waals surface area (Å²) in [5.74, 6) is 0. The van der Waals surface area contributed by atoms with Gasteiger partial charge in [0.2, 0.25) is 0 Å². The van der Waals surface area contributed by atoms with E-state index in [4.69, 9.17) is 5.73 Å². The van der Waals surface area contributed by atoms with E-state index in [1.807, 2.05) is 24.3 Å². The van der Waals surface area contributed by atoms with Gasteiger partial charge in [-0.2, -0.15) is 0 Å². The SMILES string of the molecule is C=CN(C(N)=O)c1nc2ccccc2s1. The van der Waals surface area contributed by atoms with E-state index >= 15 is 0 Å². The molecule has 1 aromatic heterocycles. The molecule has 0 aliphatic heterocycles. The van der Waals surface area contributed by atoms with Gasteiger partial charge in [0.25, 0.3) is 0 Å². The molecule has 0 fully saturated rings. The zero-order valence-electron chi connectivity index (χ0n) is 7.88. The van der Waals surface area contributed by atoms with Gasteiger partial charge in [-0.25, -0.2) is 14.7 Å². The van der Waals surface area contributed by atoms with Crippen LogP contribution in [0.3, 0.4) is 0 Å². The molecule has 0 atom stereocenters. The summed E-state index contributed by atoms with van der Waals surface area (Å²) >= 11 is 1.40. The maximum absolute atomic E-state index is 11.1. The topological polar surface area (TPSA) is 59.2 Å². The predicted octanol–water partition coefficient (Wildman–Crippen LogP) is 2.32. The molecule has 0 spiro atoms. The van der Waals surface area contributed by atoms with Crippen LogP contribution in [0.4, 0.5) is 9.93 Å². The monoisotopic (exact) mass is 219 g/mol. The molecule has 2 amide bonds. The zero-order valence-corrected chi connectivity index (χ0v) is 8.70. The number of primary amides is 1. The van der Waals surface area contributed by atoms with Gasteiger partial charge in [-0.1, -0.05) is 30.0 Å². The number of benzene rings is 1. The van der Waals surface area contributed by atoms with Crippen molar-refractivity contribution >= 4 is 32.7 Å². The van der Waals surface area contributed by atoms with Gasteiger partial charge >= 0.3 is 6.03 Å². The number of urea groups is 1. The fraction of sp³-hybridized carbons (Fsp3) is 0. The second kappa shape index (κ2) is 3.70. The molecule has 1 heterocycles. The minimum atomic E-state index is -0.580. The van der Waals surface area contributed by atoms with E-state index in [2.05, 4.69) is 11.6 Å². The molecule has 0 saturated heterocycles. The van der Waals surface area contributed by atoms with Gasteiger partial charge in [-0.3, -0.25) is 0 Å². The number of para-hydroxylation sites is 1. The zero-order chi connectivity index (χ0) is 10.8. The summed E-state index contributed by atoms with van der Waals surface area (Å²) in [6.45, 7) is 3.52. The summed E-state index contributed by atoms with van der Waals surface area (Å²) < 4.78 is 1.01. The molecule has 0 bridgehead atoms. The van der Waals surface area contributed by atoms with E-state index in [0.717, 1.165) is 10.2 Å². The number of nitrogens with two attached hydrogens (primary N) is 1. The van der Waals surface area contributed by atoms with Crippen molar-refractivity contribution in [1.82, 2.24) is 4.98 Å². The lowest BCUT2D eigenvalue weighted by molar-refractivity contribution is 0.256. The average Bonchev–Trinajstić information content (AvgIpc) is 2.61. The van der Waals surface area contributed by atoms with E-state index in [1.54, 1.807) is 0 Å². The van der Waals surface area contributed by atoms with Crippen LogP contribution in [-0.2, 0) is 0 Å². The first-order chi connectivity index (χ1) is 7.22. The maximum Gasteiger partial charge on any atom is 0.325 e. The molecule has 0 radical (unpaired) electrons. The third-order valence-corrected chi connectivity index (χ3v) is 2.94. The van der Waals surface area contributed by atoms with E-state index in [-0.39, 0.29) is 0 Å². The summed E-state index contributed by atoms with van der Waals surface area (Å²) in [5.41, 5.74) is 6.04. The molecule has 15 heavy (non-hydrogen) atoms. The molecule has 76 valence electrons. The number of carbonyl (C=O) groups excluding carboxylic acids is 1. The number of rotatable bonds is 2. The van der Waals surface area contributed by atoms with Crippen LogP contribution in [0.1, 0.15) is 0 Å². The van der Waals surface area contributed by atoms with Crippen LogP contribution in [0, 0.1) is 0 Å². The molecule has 0 unspecified atom stereocenters. The molecule has 0 aliphatic rings. The number of anilines is 1. The molecule has 4 nitrogen and oxygen atoms in total. The standard InChI is InChI=1S/C10H9N3OS/c1-2-13(9(11)14)10-12-7-5-3-4-6-8(7)15-10/h2-6H,1H2,(H2,11,14). The van der Waals surface area contributed by atoms with Gasteiger partial charge in [0.15, 0.2) is 5.13 Å². The minimum Gasteiger partial charge on any atom is -0.351 e. The van der Waals surface area contributed by atoms with E-state index in [1.165, 1.54) is 22.4 Å². The first-order valence-corrected chi connectivity index (χ1v) is 5.11. The first kappa shape index (κ1) is 9.67. The number of carbonyl (C=O) groups is 1. The quantitative estimate of drug-likeness (QED) is 0.842. The predicted molar refractivity (Wildman–Crippen MR) is 61.9 cm³/mol. The van der Waals surface area contributed by atoms with Crippen LogP contribution >= 0.6 is 11.3 Å². The number of fused-ring (bicyclic) bond motifs is 1. The van der Waals surface area contributed by atoms with E-state index in [0.29, 0.717) is 5.13 Å². The van der Waals surface area contributed by atoms with Crippen LogP contribution in [-0.4, -0.2) is 11.0 Å². The Labute approximate surface area is 90.6 Å². The average molecular weight is 219 g/mol. The number of nitrogens with zero attached hydrogens (tertiary/aromatic N) is 2. The van der Waals surface area contributed by atoms with Gasteiger partial charge in [-0.05, 0) is 12.1 Å². The van der Waals surface area contributed by atoms with Crippen molar-refractivity contribution < 1.29 is 4.79 Å². The minimum absolute atomic E-state index is 0.540. The van der Waals surface area contributed by atoms with Crippen LogP contribution in [0.15, 0.2) is 37.0 Å². The third-order valence-electron chi connectivity index (χ3n) is 1.91. The van der Waals surface area contributed by atoms with Crippen LogP contribution in [0.5, 0.6) is 0 Å². The number of hydrogen-bond acceptors (Lipinski definition) is 3. The molecule has 0 aliphatic carbocycles. The smallest absolute Gasteiger partial charge is 0.325 e. The summed E-state index contributed by atoms with van der Waals surface area (Å²) in [4.78, 5) is 16.6. The van der Waals surface area contributed by atoms with E-state index in [9.17, 15) is 4.79 Å². The van der Waals surface area contributed by atoms with Crippen molar-refractivity contribution in [3.63, 3.8) is 0 Å². The van der Waals surface area contributed by atoms with Gasteiger partial charge in [-0.15, -0.1) is 0 Å². The van der Waals surface area contributed by atoms with Gasteiger partial charge < -0.3 is 5.73 Å². The maximum atomic E-state index is 11.1. The Kier molecular flexibility index (Phi) is 2.39. The number of hydrogen-bond donors (Lipinski definition) is 1. The van der Waals surface area contributed by atoms with Gasteiger partial charge in [0, 0.05) is 6.20 Å². The number of amides is 2. The molecule has 1 aromatic carbocycles. The molecular weight excluding hydrogens is 210 g/mol. The Bertz CT molecular complexity index is 487. The summed E-state index contributed by atoms with van der Waals surface area (Å²) in [6.07, 6.45) is 1.36. The van der Waals surface area contributed by atoms with Crippen molar-refractivity contribution in [2.75, 3.05) is 4.90 Å². The van der Waals surface area contributed by atoms with Gasteiger partial charge in [0.1, 0.15) is 0 Å². The fourth-order valence-electron chi connectivity index (χ4n) is 1.23. The summed E-state index contributed by atoms with van der Waals surface area (Å²) in [7, 11) is 0. The second-order valence-electron chi connectivity index (χ2n) is 2.85.